The van der Waals surface area contributed by atoms with Crippen molar-refractivity contribution in [2.75, 3.05) is 46.1 Å². The Hall–Kier alpha value is -2.81. The summed E-state index contributed by atoms with van der Waals surface area (Å²) in [6, 6.07) is 5.85. The Bertz CT molecular complexity index is 1100. The van der Waals surface area contributed by atoms with E-state index < -0.39 is 0 Å². The maximum absolute atomic E-state index is 13.0. The zero-order valence-corrected chi connectivity index (χ0v) is 34.7. The molecule has 1 aliphatic heterocycles. The van der Waals surface area contributed by atoms with Crippen LogP contribution in [0.1, 0.15) is 180 Å². The monoisotopic (exact) mass is 760 g/mol. The van der Waals surface area contributed by atoms with E-state index in [-0.39, 0.29) is 30.4 Å². The molecule has 1 heterocycles. The lowest BCUT2D eigenvalue weighted by atomic mass is 9.97. The molecule has 9 heteroatoms. The quantitative estimate of drug-likeness (QED) is 0.0386. The second-order valence-corrected chi connectivity index (χ2v) is 15.1. The van der Waals surface area contributed by atoms with E-state index >= 15 is 0 Å². The molecule has 0 amide bonds. The highest BCUT2D eigenvalue weighted by atomic mass is 16.5. The number of piperidine rings is 1. The molecule has 2 rings (SSSR count). The molecule has 0 N–H and O–H groups in total. The van der Waals surface area contributed by atoms with Gasteiger partial charge in [0.05, 0.1) is 32.3 Å². The highest BCUT2D eigenvalue weighted by molar-refractivity contribution is 5.72. The Morgan fingerprint density at radius 1 is 0.574 bits per heavy atom. The number of carbonyl (C=O) groups excluding carboxylic acids is 3. The Morgan fingerprint density at radius 2 is 1.09 bits per heavy atom. The highest BCUT2D eigenvalue weighted by Gasteiger charge is 2.26. The molecule has 0 aliphatic carbocycles. The topological polar surface area (TPSA) is 101 Å². The average Bonchev–Trinajstić information content (AvgIpc) is 3.18. The van der Waals surface area contributed by atoms with Gasteiger partial charge < -0.3 is 28.6 Å². The summed E-state index contributed by atoms with van der Waals surface area (Å²) in [7, 11) is 0. The van der Waals surface area contributed by atoms with Crippen LogP contribution in [0.3, 0.4) is 0 Å². The number of esters is 3. The molecule has 0 saturated carbocycles. The molecule has 9 nitrogen and oxygen atoms in total. The van der Waals surface area contributed by atoms with Gasteiger partial charge in [0.1, 0.15) is 18.1 Å². The van der Waals surface area contributed by atoms with E-state index in [1.807, 2.05) is 25.1 Å². The second kappa shape index (κ2) is 32.4. The first-order chi connectivity index (χ1) is 26.5. The standard InChI is InChI=1S/C45H77NO8/c1-4-7-8-9-10-15-20-26-44(48)53-36-24-19-13-11-16-21-33-50-41-27-28-42(51-34-22-17-12-14-18-23-35-52-43(47)25-5-2)40(37-41)38-54-45(49)39-29-31-46(6-3)32-30-39/h27-28,37,39H,4-26,29-36,38H2,1-3H3. The number of nitrogens with zero attached hydrogens (tertiary/aromatic N) is 1. The van der Waals surface area contributed by atoms with E-state index in [4.69, 9.17) is 23.7 Å². The van der Waals surface area contributed by atoms with Crippen molar-refractivity contribution in [2.45, 2.75) is 181 Å². The summed E-state index contributed by atoms with van der Waals surface area (Å²) in [5.41, 5.74) is 0.840. The van der Waals surface area contributed by atoms with Crippen LogP contribution >= 0.6 is 0 Å². The molecule has 1 fully saturated rings. The van der Waals surface area contributed by atoms with E-state index in [0.29, 0.717) is 39.3 Å². The first-order valence-corrected chi connectivity index (χ1v) is 22.1. The van der Waals surface area contributed by atoms with Crippen molar-refractivity contribution in [3.63, 3.8) is 0 Å². The number of unbranched alkanes of at least 4 members (excludes halogenated alkanes) is 16. The van der Waals surface area contributed by atoms with Crippen LogP contribution in [0.2, 0.25) is 0 Å². The largest absolute Gasteiger partial charge is 0.494 e. The zero-order valence-electron chi connectivity index (χ0n) is 34.7. The first kappa shape index (κ1) is 47.3. The molecule has 0 spiro atoms. The summed E-state index contributed by atoms with van der Waals surface area (Å²) in [5.74, 6) is 1.21. The van der Waals surface area contributed by atoms with Crippen LogP contribution in [0.5, 0.6) is 11.5 Å². The van der Waals surface area contributed by atoms with Crippen LogP contribution in [-0.2, 0) is 35.2 Å². The molecule has 0 atom stereocenters. The smallest absolute Gasteiger partial charge is 0.309 e. The summed E-state index contributed by atoms with van der Waals surface area (Å²) in [6.07, 6.45) is 24.6. The molecule has 0 unspecified atom stereocenters. The normalized spacial score (nSPS) is 13.5. The van der Waals surface area contributed by atoms with Crippen molar-refractivity contribution in [1.82, 2.24) is 4.90 Å². The van der Waals surface area contributed by atoms with Gasteiger partial charge in [0.25, 0.3) is 0 Å². The fourth-order valence-electron chi connectivity index (χ4n) is 6.79. The number of likely N-dealkylation sites (tertiary alicyclic amines) is 1. The first-order valence-electron chi connectivity index (χ1n) is 22.1. The maximum atomic E-state index is 13.0. The Kier molecular flexibility index (Phi) is 28.4. The van der Waals surface area contributed by atoms with Crippen molar-refractivity contribution < 1.29 is 38.1 Å². The van der Waals surface area contributed by atoms with Gasteiger partial charge in [-0.25, -0.2) is 0 Å². The molecule has 1 saturated heterocycles. The maximum Gasteiger partial charge on any atom is 0.309 e. The van der Waals surface area contributed by atoms with E-state index in [1.165, 1.54) is 32.1 Å². The lowest BCUT2D eigenvalue weighted by molar-refractivity contribution is -0.151. The fourth-order valence-corrected chi connectivity index (χ4v) is 6.79. The lowest BCUT2D eigenvalue weighted by Gasteiger charge is -2.29. The van der Waals surface area contributed by atoms with E-state index in [0.717, 1.165) is 146 Å². The Labute approximate surface area is 328 Å². The van der Waals surface area contributed by atoms with Gasteiger partial charge in [0.15, 0.2) is 0 Å². The summed E-state index contributed by atoms with van der Waals surface area (Å²) in [5, 5.41) is 0. The van der Waals surface area contributed by atoms with Crippen molar-refractivity contribution in [3.8, 4) is 11.5 Å². The van der Waals surface area contributed by atoms with Crippen LogP contribution < -0.4 is 9.47 Å². The zero-order chi connectivity index (χ0) is 38.9. The van der Waals surface area contributed by atoms with Gasteiger partial charge in [-0.05, 0) is 89.2 Å². The minimum Gasteiger partial charge on any atom is -0.494 e. The predicted molar refractivity (Wildman–Crippen MR) is 217 cm³/mol. The van der Waals surface area contributed by atoms with Gasteiger partial charge >= 0.3 is 17.9 Å². The third-order valence-corrected chi connectivity index (χ3v) is 10.3. The van der Waals surface area contributed by atoms with E-state index in [1.54, 1.807) is 0 Å². The minimum atomic E-state index is -0.121. The van der Waals surface area contributed by atoms with Crippen LogP contribution in [0, 0.1) is 5.92 Å². The van der Waals surface area contributed by atoms with Gasteiger partial charge in [-0.3, -0.25) is 14.4 Å². The third kappa shape index (κ3) is 23.9. The van der Waals surface area contributed by atoms with Gasteiger partial charge in [0.2, 0.25) is 0 Å². The van der Waals surface area contributed by atoms with Crippen molar-refractivity contribution in [1.29, 1.82) is 0 Å². The summed E-state index contributed by atoms with van der Waals surface area (Å²) < 4.78 is 28.8. The highest BCUT2D eigenvalue weighted by Crippen LogP contribution is 2.27. The van der Waals surface area contributed by atoms with Gasteiger partial charge in [0, 0.05) is 18.4 Å². The summed E-state index contributed by atoms with van der Waals surface area (Å²) in [6.45, 7) is 11.7. The molecular weight excluding hydrogens is 682 g/mol. The molecule has 1 aromatic carbocycles. The number of hydrogen-bond donors (Lipinski definition) is 0. The molecule has 1 aromatic rings. The van der Waals surface area contributed by atoms with Crippen molar-refractivity contribution in [2.24, 2.45) is 5.92 Å². The molecule has 310 valence electrons. The van der Waals surface area contributed by atoms with Crippen LogP contribution in [-0.4, -0.2) is 68.9 Å². The van der Waals surface area contributed by atoms with E-state index in [9.17, 15) is 14.4 Å². The average molecular weight is 760 g/mol. The molecule has 0 bridgehead atoms. The fraction of sp³-hybridized carbons (Fsp3) is 0.800. The van der Waals surface area contributed by atoms with Crippen LogP contribution in [0.15, 0.2) is 18.2 Å². The van der Waals surface area contributed by atoms with Gasteiger partial charge in [-0.2, -0.15) is 0 Å². The summed E-state index contributed by atoms with van der Waals surface area (Å²) >= 11 is 0. The van der Waals surface area contributed by atoms with Crippen molar-refractivity contribution in [3.05, 3.63) is 23.8 Å². The number of rotatable bonds is 34. The Morgan fingerprint density at radius 3 is 1.67 bits per heavy atom. The number of carbonyl (C=O) groups is 3. The predicted octanol–water partition coefficient (Wildman–Crippen LogP) is 10.9. The molecule has 1 aliphatic rings. The van der Waals surface area contributed by atoms with Gasteiger partial charge in [-0.1, -0.05) is 111 Å². The molecule has 0 radical (unpaired) electrons. The van der Waals surface area contributed by atoms with Crippen LogP contribution in [0.4, 0.5) is 0 Å². The number of hydrogen-bond acceptors (Lipinski definition) is 9. The lowest BCUT2D eigenvalue weighted by Crippen LogP contribution is -2.36. The Balaban J connectivity index is 1.65. The molecular formula is C45H77NO8. The third-order valence-electron chi connectivity index (χ3n) is 10.3. The number of ether oxygens (including phenoxy) is 5. The minimum absolute atomic E-state index is 0.0444. The molecule has 54 heavy (non-hydrogen) atoms. The SMILES string of the molecule is CCCCCCCCCC(=O)OCCCCCCCCOc1ccc(OCCCCCCCCOC(=O)CCC)c(COC(=O)C2CCN(CC)CC2)c1. The summed E-state index contributed by atoms with van der Waals surface area (Å²) in [4.78, 5) is 38.8. The van der Waals surface area contributed by atoms with Crippen LogP contribution in [0.25, 0.3) is 0 Å². The van der Waals surface area contributed by atoms with E-state index in [2.05, 4.69) is 18.7 Å². The van der Waals surface area contributed by atoms with Crippen molar-refractivity contribution >= 4 is 17.9 Å². The second-order valence-electron chi connectivity index (χ2n) is 15.1. The molecule has 0 aromatic heterocycles. The number of benzene rings is 1. The van der Waals surface area contributed by atoms with Gasteiger partial charge in [-0.15, -0.1) is 0 Å².